The van der Waals surface area contributed by atoms with Crippen molar-refractivity contribution in [3.63, 3.8) is 0 Å². The van der Waals surface area contributed by atoms with Gasteiger partial charge in [-0.25, -0.2) is 0 Å². The minimum Gasteiger partial charge on any atom is -0.466 e. The molecule has 0 bridgehead atoms. The van der Waals surface area contributed by atoms with Crippen molar-refractivity contribution in [2.24, 2.45) is 0 Å². The zero-order valence-electron chi connectivity index (χ0n) is 9.29. The molecule has 0 saturated carbocycles. The normalized spacial score (nSPS) is 12.5. The Labute approximate surface area is 92.8 Å². The van der Waals surface area contributed by atoms with E-state index in [4.69, 9.17) is 4.74 Å². The van der Waals surface area contributed by atoms with Crippen LogP contribution in [-0.4, -0.2) is 17.8 Å². The molecular weight excluding hydrogens is 196 g/mol. The summed E-state index contributed by atoms with van der Waals surface area (Å²) in [6, 6.07) is 0. The molecular formula is C11H22O2S. The summed E-state index contributed by atoms with van der Waals surface area (Å²) < 4.78 is 4.85. The number of rotatable bonds is 8. The number of thiol groups is 1. The molecule has 0 spiro atoms. The number of hydrogen-bond donors (Lipinski definition) is 1. The molecule has 0 aromatic carbocycles. The van der Waals surface area contributed by atoms with Crippen molar-refractivity contribution in [2.45, 2.75) is 57.6 Å². The van der Waals surface area contributed by atoms with E-state index in [9.17, 15) is 4.79 Å². The highest BCUT2D eigenvalue weighted by Gasteiger charge is 2.03. The minimum atomic E-state index is -0.198. The Morgan fingerprint density at radius 3 is 2.57 bits per heavy atom. The Kier molecular flexibility index (Phi) is 9.26. The van der Waals surface area contributed by atoms with Crippen LogP contribution in [0.2, 0.25) is 0 Å². The molecule has 0 saturated heterocycles. The largest absolute Gasteiger partial charge is 0.466 e. The predicted octanol–water partition coefficient (Wildman–Crippen LogP) is 3.21. The van der Waals surface area contributed by atoms with Gasteiger partial charge in [-0.05, 0) is 12.8 Å². The number of hydrogen-bond acceptors (Lipinski definition) is 3. The Bertz CT molecular complexity index is 148. The summed E-state index contributed by atoms with van der Waals surface area (Å²) in [5.41, 5.74) is 0. The van der Waals surface area contributed by atoms with Gasteiger partial charge in [0, 0.05) is 12.2 Å². The van der Waals surface area contributed by atoms with Crippen LogP contribution in [0.3, 0.4) is 0 Å². The Balaban J connectivity index is 3.19. The molecule has 0 heterocycles. The average molecular weight is 218 g/mol. The fourth-order valence-corrected chi connectivity index (χ4v) is 1.58. The van der Waals surface area contributed by atoms with Gasteiger partial charge in [0.25, 0.3) is 0 Å². The molecule has 14 heavy (non-hydrogen) atoms. The molecule has 0 aliphatic heterocycles. The van der Waals surface area contributed by atoms with Gasteiger partial charge in [0.05, 0.1) is 6.61 Å². The second-order valence-corrected chi connectivity index (χ2v) is 4.36. The predicted molar refractivity (Wildman–Crippen MR) is 62.8 cm³/mol. The van der Waals surface area contributed by atoms with Crippen molar-refractivity contribution in [1.29, 1.82) is 0 Å². The first-order chi connectivity index (χ1) is 6.66. The van der Waals surface area contributed by atoms with Crippen molar-refractivity contribution < 1.29 is 9.53 Å². The van der Waals surface area contributed by atoms with Crippen LogP contribution in [0.15, 0.2) is 0 Å². The zero-order valence-corrected chi connectivity index (χ0v) is 10.2. The third-order valence-electron chi connectivity index (χ3n) is 2.15. The number of esters is 1. The van der Waals surface area contributed by atoms with Crippen LogP contribution in [0.5, 0.6) is 0 Å². The van der Waals surface area contributed by atoms with Crippen LogP contribution in [0.4, 0.5) is 0 Å². The van der Waals surface area contributed by atoms with Crippen LogP contribution in [0.1, 0.15) is 52.4 Å². The van der Waals surface area contributed by atoms with Crippen LogP contribution >= 0.6 is 12.6 Å². The highest BCUT2D eigenvalue weighted by molar-refractivity contribution is 7.80. The quantitative estimate of drug-likeness (QED) is 0.385. The summed E-state index contributed by atoms with van der Waals surface area (Å²) >= 11 is 4.44. The van der Waals surface area contributed by atoms with Crippen LogP contribution in [-0.2, 0) is 9.53 Å². The smallest absolute Gasteiger partial charge is 0.302 e. The summed E-state index contributed by atoms with van der Waals surface area (Å²) in [5, 5.41) is 0.381. The van der Waals surface area contributed by atoms with Gasteiger partial charge in [0.15, 0.2) is 0 Å². The lowest BCUT2D eigenvalue weighted by Crippen LogP contribution is -2.07. The average Bonchev–Trinajstić information content (AvgIpc) is 2.12. The second-order valence-electron chi connectivity index (χ2n) is 3.63. The molecule has 2 nitrogen and oxygen atoms in total. The molecule has 0 amide bonds. The van der Waals surface area contributed by atoms with Gasteiger partial charge in [0.2, 0.25) is 0 Å². The maximum absolute atomic E-state index is 10.5. The molecule has 1 unspecified atom stereocenters. The third-order valence-corrected chi connectivity index (χ3v) is 2.66. The number of carbonyl (C=O) groups is 1. The molecule has 0 aromatic heterocycles. The first kappa shape index (κ1) is 13.8. The van der Waals surface area contributed by atoms with E-state index < -0.39 is 0 Å². The first-order valence-electron chi connectivity index (χ1n) is 5.48. The molecule has 0 N–H and O–H groups in total. The van der Waals surface area contributed by atoms with Crippen molar-refractivity contribution >= 4 is 18.6 Å². The van der Waals surface area contributed by atoms with Gasteiger partial charge in [-0.2, -0.15) is 12.6 Å². The van der Waals surface area contributed by atoms with E-state index in [2.05, 4.69) is 19.6 Å². The van der Waals surface area contributed by atoms with E-state index in [1.54, 1.807) is 0 Å². The van der Waals surface area contributed by atoms with E-state index in [-0.39, 0.29) is 5.97 Å². The highest BCUT2D eigenvalue weighted by Crippen LogP contribution is 2.12. The van der Waals surface area contributed by atoms with Gasteiger partial charge in [-0.15, -0.1) is 0 Å². The maximum atomic E-state index is 10.5. The summed E-state index contributed by atoms with van der Waals surface area (Å²) in [5.74, 6) is -0.198. The van der Waals surface area contributed by atoms with Crippen molar-refractivity contribution in [1.82, 2.24) is 0 Å². The molecule has 0 aliphatic rings. The molecule has 1 atom stereocenters. The fourth-order valence-electron chi connectivity index (χ4n) is 1.29. The summed E-state index contributed by atoms with van der Waals surface area (Å²) in [7, 11) is 0. The number of carbonyl (C=O) groups excluding carboxylic acids is 1. The summed E-state index contributed by atoms with van der Waals surface area (Å²) in [6.45, 7) is 4.16. The molecule has 3 heteroatoms. The SMILES string of the molecule is CCCCCCC(S)CCOC(C)=O. The molecule has 0 aromatic rings. The molecule has 84 valence electrons. The summed E-state index contributed by atoms with van der Waals surface area (Å²) in [6.07, 6.45) is 7.11. The Morgan fingerprint density at radius 1 is 1.29 bits per heavy atom. The van der Waals surface area contributed by atoms with Crippen molar-refractivity contribution in [3.05, 3.63) is 0 Å². The fraction of sp³-hybridized carbons (Fsp3) is 0.909. The van der Waals surface area contributed by atoms with E-state index in [0.29, 0.717) is 11.9 Å². The van der Waals surface area contributed by atoms with Gasteiger partial charge in [-0.1, -0.05) is 32.6 Å². The standard InChI is InChI=1S/C11H22O2S/c1-3-4-5-6-7-11(14)8-9-13-10(2)12/h11,14H,3-9H2,1-2H3. The summed E-state index contributed by atoms with van der Waals surface area (Å²) in [4.78, 5) is 10.5. The maximum Gasteiger partial charge on any atom is 0.302 e. The lowest BCUT2D eigenvalue weighted by Gasteiger charge is -2.09. The molecule has 0 rings (SSSR count). The monoisotopic (exact) mass is 218 g/mol. The highest BCUT2D eigenvalue weighted by atomic mass is 32.1. The minimum absolute atomic E-state index is 0.198. The topological polar surface area (TPSA) is 26.3 Å². The lowest BCUT2D eigenvalue weighted by molar-refractivity contribution is -0.141. The Morgan fingerprint density at radius 2 is 2.00 bits per heavy atom. The van der Waals surface area contributed by atoms with Crippen LogP contribution < -0.4 is 0 Å². The van der Waals surface area contributed by atoms with Crippen molar-refractivity contribution in [3.8, 4) is 0 Å². The zero-order chi connectivity index (χ0) is 10.8. The number of ether oxygens (including phenoxy) is 1. The van der Waals surface area contributed by atoms with Crippen LogP contribution in [0.25, 0.3) is 0 Å². The lowest BCUT2D eigenvalue weighted by atomic mass is 10.1. The Hall–Kier alpha value is -0.180. The molecule has 0 aliphatic carbocycles. The van der Waals surface area contributed by atoms with E-state index in [1.807, 2.05) is 0 Å². The van der Waals surface area contributed by atoms with Crippen LogP contribution in [0, 0.1) is 0 Å². The van der Waals surface area contributed by atoms with E-state index in [1.165, 1.54) is 32.6 Å². The van der Waals surface area contributed by atoms with E-state index >= 15 is 0 Å². The van der Waals surface area contributed by atoms with Gasteiger partial charge in [-0.3, -0.25) is 4.79 Å². The van der Waals surface area contributed by atoms with Gasteiger partial charge in [0.1, 0.15) is 0 Å². The third kappa shape index (κ3) is 9.90. The molecule has 0 fully saturated rings. The molecule has 0 radical (unpaired) electrons. The van der Waals surface area contributed by atoms with E-state index in [0.717, 1.165) is 12.8 Å². The van der Waals surface area contributed by atoms with Gasteiger partial charge >= 0.3 is 5.97 Å². The second kappa shape index (κ2) is 9.38. The number of unbranched alkanes of at least 4 members (excludes halogenated alkanes) is 3. The van der Waals surface area contributed by atoms with Crippen molar-refractivity contribution in [2.75, 3.05) is 6.61 Å². The first-order valence-corrected chi connectivity index (χ1v) is 6.00. The van der Waals surface area contributed by atoms with Gasteiger partial charge < -0.3 is 4.74 Å².